The molecule has 0 aliphatic carbocycles. The van der Waals surface area contributed by atoms with Gasteiger partial charge >= 0.3 is 24.3 Å². The Kier molecular flexibility index (Phi) is 9.66. The molecular formula is C14H16F6N4O6. The highest BCUT2D eigenvalue weighted by atomic mass is 19.4. The van der Waals surface area contributed by atoms with E-state index in [9.17, 15) is 26.3 Å². The number of nitrogen functional groups attached to an aromatic ring is 1. The van der Waals surface area contributed by atoms with Crippen LogP contribution >= 0.6 is 0 Å². The van der Waals surface area contributed by atoms with Crippen LogP contribution in [-0.4, -0.2) is 62.3 Å². The van der Waals surface area contributed by atoms with Crippen LogP contribution in [0.1, 0.15) is 13.8 Å². The van der Waals surface area contributed by atoms with Gasteiger partial charge in [-0.15, -0.1) is 5.10 Å². The van der Waals surface area contributed by atoms with Crippen LogP contribution < -0.4 is 15.2 Å². The van der Waals surface area contributed by atoms with E-state index in [-0.39, 0.29) is 0 Å². The lowest BCUT2D eigenvalue weighted by atomic mass is 10.4. The molecule has 0 spiro atoms. The molecule has 0 unspecified atom stereocenters. The van der Waals surface area contributed by atoms with Gasteiger partial charge in [-0.2, -0.15) is 30.9 Å². The second-order valence-corrected chi connectivity index (χ2v) is 4.74. The molecule has 0 aromatic carbocycles. The van der Waals surface area contributed by atoms with Crippen molar-refractivity contribution in [2.75, 3.05) is 18.9 Å². The van der Waals surface area contributed by atoms with E-state index in [4.69, 9.17) is 35.0 Å². The molecule has 0 aliphatic heterocycles. The maximum absolute atomic E-state index is 10.6. The van der Waals surface area contributed by atoms with Crippen LogP contribution in [0.15, 0.2) is 12.3 Å². The van der Waals surface area contributed by atoms with Gasteiger partial charge in [-0.1, -0.05) is 0 Å². The SMILES string of the molecule is CCOc1cc2cnc(N)n2nc1OCC.O=C(O)C(F)(F)F.O=C(O)C(F)(F)F. The van der Waals surface area contributed by atoms with Crippen LogP contribution in [-0.2, 0) is 9.59 Å². The zero-order valence-electron chi connectivity index (χ0n) is 15.3. The van der Waals surface area contributed by atoms with Crippen molar-refractivity contribution in [1.82, 2.24) is 14.6 Å². The predicted octanol–water partition coefficient (Wildman–Crippen LogP) is 2.38. The number of fused-ring (bicyclic) bond motifs is 1. The lowest BCUT2D eigenvalue weighted by molar-refractivity contribution is -0.193. The van der Waals surface area contributed by atoms with Gasteiger partial charge in [-0.25, -0.2) is 14.6 Å². The van der Waals surface area contributed by atoms with Crippen LogP contribution in [0.4, 0.5) is 32.3 Å². The van der Waals surface area contributed by atoms with Crippen molar-refractivity contribution in [3.63, 3.8) is 0 Å². The van der Waals surface area contributed by atoms with Gasteiger partial charge in [0, 0.05) is 6.07 Å². The first kappa shape index (κ1) is 26.5. The quantitative estimate of drug-likeness (QED) is 0.597. The minimum atomic E-state index is -5.08. The normalized spacial score (nSPS) is 10.9. The molecule has 16 heteroatoms. The standard InChI is InChI=1S/C10H14N4O2.2C2HF3O2/c1-3-15-8-5-7-6-12-10(11)14(7)13-9(8)16-4-2;2*3-2(4,5)1(6)7/h5-6H,3-4H2,1-2H3,(H2,11,12);2*(H,6,7). The molecule has 2 aromatic heterocycles. The Balaban J connectivity index is 0.000000503. The minimum absolute atomic E-state index is 0.332. The number of ether oxygens (including phenoxy) is 2. The van der Waals surface area contributed by atoms with Gasteiger partial charge in [0.25, 0.3) is 5.88 Å². The van der Waals surface area contributed by atoms with Crippen molar-refractivity contribution in [3.05, 3.63) is 12.3 Å². The molecule has 0 fully saturated rings. The zero-order valence-corrected chi connectivity index (χ0v) is 15.3. The van der Waals surface area contributed by atoms with Gasteiger partial charge in [0.05, 0.1) is 24.9 Å². The Morgan fingerprint density at radius 3 is 1.83 bits per heavy atom. The molecule has 0 bridgehead atoms. The maximum Gasteiger partial charge on any atom is 0.490 e. The summed E-state index contributed by atoms with van der Waals surface area (Å²) in [6.07, 6.45) is -8.53. The topological polar surface area (TPSA) is 149 Å². The first-order chi connectivity index (χ1) is 13.6. The van der Waals surface area contributed by atoms with Crippen LogP contribution in [0.2, 0.25) is 0 Å². The number of aromatic nitrogens is 3. The Morgan fingerprint density at radius 2 is 1.47 bits per heavy atom. The van der Waals surface area contributed by atoms with Crippen molar-refractivity contribution in [2.45, 2.75) is 26.2 Å². The highest BCUT2D eigenvalue weighted by molar-refractivity contribution is 5.73. The second-order valence-electron chi connectivity index (χ2n) is 4.74. The number of rotatable bonds is 4. The van der Waals surface area contributed by atoms with Crippen molar-refractivity contribution >= 4 is 23.4 Å². The van der Waals surface area contributed by atoms with Crippen molar-refractivity contribution in [2.24, 2.45) is 0 Å². The first-order valence-corrected chi connectivity index (χ1v) is 7.65. The van der Waals surface area contributed by atoms with E-state index in [1.54, 1.807) is 6.20 Å². The first-order valence-electron chi connectivity index (χ1n) is 7.65. The highest BCUT2D eigenvalue weighted by Crippen LogP contribution is 2.26. The smallest absolute Gasteiger partial charge is 0.488 e. The van der Waals surface area contributed by atoms with Crippen LogP contribution in [0.5, 0.6) is 11.6 Å². The number of alkyl halides is 6. The number of hydrogen-bond donors (Lipinski definition) is 3. The van der Waals surface area contributed by atoms with E-state index < -0.39 is 24.3 Å². The number of nitrogens with two attached hydrogens (primary N) is 1. The van der Waals surface area contributed by atoms with Gasteiger partial charge in [0.15, 0.2) is 5.75 Å². The fourth-order valence-electron chi connectivity index (χ4n) is 1.41. The number of nitrogens with zero attached hydrogens (tertiary/aromatic N) is 3. The average Bonchev–Trinajstić information content (AvgIpc) is 2.95. The van der Waals surface area contributed by atoms with E-state index >= 15 is 0 Å². The third-order valence-electron chi connectivity index (χ3n) is 2.54. The number of hydrogen-bond acceptors (Lipinski definition) is 7. The maximum atomic E-state index is 10.6. The number of halogens is 6. The fraction of sp³-hybridized carbons (Fsp3) is 0.429. The molecule has 0 amide bonds. The van der Waals surface area contributed by atoms with Gasteiger partial charge < -0.3 is 25.4 Å². The van der Waals surface area contributed by atoms with Gasteiger partial charge in [0.1, 0.15) is 0 Å². The third kappa shape index (κ3) is 8.70. The van der Waals surface area contributed by atoms with Gasteiger partial charge in [0.2, 0.25) is 5.95 Å². The van der Waals surface area contributed by atoms with E-state index in [1.165, 1.54) is 4.52 Å². The van der Waals surface area contributed by atoms with Crippen LogP contribution in [0, 0.1) is 0 Å². The Labute approximate surface area is 163 Å². The molecule has 4 N–H and O–H groups in total. The molecule has 0 saturated carbocycles. The van der Waals surface area contributed by atoms with E-state index in [0.717, 1.165) is 5.52 Å². The predicted molar refractivity (Wildman–Crippen MR) is 87.1 cm³/mol. The highest BCUT2D eigenvalue weighted by Gasteiger charge is 2.38. The summed E-state index contributed by atoms with van der Waals surface area (Å²) in [5.74, 6) is -4.14. The molecule has 2 aromatic rings. The molecule has 10 nitrogen and oxygen atoms in total. The van der Waals surface area contributed by atoms with Crippen molar-refractivity contribution < 1.29 is 55.6 Å². The molecule has 170 valence electrons. The largest absolute Gasteiger partial charge is 0.490 e. The minimum Gasteiger partial charge on any atom is -0.488 e. The lowest BCUT2D eigenvalue weighted by Crippen LogP contribution is -2.21. The third-order valence-corrected chi connectivity index (χ3v) is 2.54. The fourth-order valence-corrected chi connectivity index (χ4v) is 1.41. The number of anilines is 1. The molecule has 0 saturated heterocycles. The molecule has 2 rings (SSSR count). The number of carbonyl (C=O) groups is 2. The Hall–Kier alpha value is -3.46. The van der Waals surface area contributed by atoms with Crippen molar-refractivity contribution in [3.8, 4) is 11.6 Å². The summed E-state index contributed by atoms with van der Waals surface area (Å²) in [5.41, 5.74) is 6.44. The summed E-state index contributed by atoms with van der Waals surface area (Å²) in [4.78, 5) is 21.8. The zero-order chi connectivity index (χ0) is 23.7. The van der Waals surface area contributed by atoms with E-state index in [2.05, 4.69) is 10.1 Å². The Morgan fingerprint density at radius 1 is 1.03 bits per heavy atom. The molecule has 2 heterocycles. The number of carboxylic acids is 2. The van der Waals surface area contributed by atoms with E-state index in [1.807, 2.05) is 19.9 Å². The molecule has 0 aliphatic rings. The number of carboxylic acid groups (broad SMARTS) is 2. The lowest BCUT2D eigenvalue weighted by Gasteiger charge is -2.09. The number of imidazole rings is 1. The Bertz CT molecular complexity index is 828. The number of aliphatic carboxylic acids is 2. The summed E-state index contributed by atoms with van der Waals surface area (Å²) in [7, 11) is 0. The average molecular weight is 450 g/mol. The monoisotopic (exact) mass is 450 g/mol. The molecule has 0 atom stereocenters. The summed E-state index contributed by atoms with van der Waals surface area (Å²) in [5, 5.41) is 18.5. The van der Waals surface area contributed by atoms with Crippen LogP contribution in [0.25, 0.3) is 5.52 Å². The van der Waals surface area contributed by atoms with Crippen LogP contribution in [0.3, 0.4) is 0 Å². The summed E-state index contributed by atoms with van der Waals surface area (Å²) < 4.78 is 75.8. The molecule has 0 radical (unpaired) electrons. The summed E-state index contributed by atoms with van der Waals surface area (Å²) >= 11 is 0. The van der Waals surface area contributed by atoms with Gasteiger partial charge in [-0.3, -0.25) is 0 Å². The van der Waals surface area contributed by atoms with Crippen molar-refractivity contribution in [1.29, 1.82) is 0 Å². The molecular weight excluding hydrogens is 434 g/mol. The molecule has 30 heavy (non-hydrogen) atoms. The van der Waals surface area contributed by atoms with E-state index in [0.29, 0.717) is 30.8 Å². The van der Waals surface area contributed by atoms with Gasteiger partial charge in [-0.05, 0) is 13.8 Å². The second kappa shape index (κ2) is 10.9. The summed E-state index contributed by atoms with van der Waals surface area (Å²) in [6, 6.07) is 1.81. The summed E-state index contributed by atoms with van der Waals surface area (Å²) in [6.45, 7) is 4.87.